The fourth-order valence-electron chi connectivity index (χ4n) is 5.42. The van der Waals surface area contributed by atoms with Gasteiger partial charge in [0.25, 0.3) is 0 Å². The maximum Gasteiger partial charge on any atom is 0.490 e. The van der Waals surface area contributed by atoms with Gasteiger partial charge in [0, 0.05) is 38.4 Å². The fourth-order valence-corrected chi connectivity index (χ4v) is 5.42. The van der Waals surface area contributed by atoms with Crippen molar-refractivity contribution in [2.45, 2.75) is 44.6 Å². The number of benzene rings is 3. The number of aryl methyl sites for hydroxylation is 1. The Morgan fingerprint density at radius 1 is 0.956 bits per heavy atom. The zero-order valence-corrected chi connectivity index (χ0v) is 24.9. The second-order valence-corrected chi connectivity index (χ2v) is 10.9. The standard InChI is InChI=1S/C31H32N4O3.C2HF3O2/c1-21-16-22(14-15-26(21)33(2)3)18-34-20-32-25-19-35(28(31(37)38)17-27(25)34)30(36)29(23-10-6-4-7-11-23)24-12-8-5-9-13-24;3-2(4,5)1(6)7/h4-16,20,28-29H,17-19H2,1-3H3,(H,37,38);(H,6,7)/t28-;/m0./s1. The van der Waals surface area contributed by atoms with Crippen LogP contribution in [0.4, 0.5) is 18.9 Å². The molecule has 0 radical (unpaired) electrons. The molecule has 0 unspecified atom stereocenters. The first-order valence-corrected chi connectivity index (χ1v) is 14.0. The molecule has 2 N–H and O–H groups in total. The van der Waals surface area contributed by atoms with Gasteiger partial charge in [0.05, 0.1) is 24.5 Å². The van der Waals surface area contributed by atoms with Crippen LogP contribution in [-0.4, -0.2) is 68.8 Å². The molecular weight excluding hydrogens is 589 g/mol. The molecule has 2 heterocycles. The molecule has 5 rings (SSSR count). The van der Waals surface area contributed by atoms with Gasteiger partial charge >= 0.3 is 18.1 Å². The molecule has 1 amide bonds. The summed E-state index contributed by atoms with van der Waals surface area (Å²) in [5, 5.41) is 17.3. The minimum atomic E-state index is -5.08. The monoisotopic (exact) mass is 622 g/mol. The Labute approximate surface area is 258 Å². The molecule has 1 aliphatic heterocycles. The smallest absolute Gasteiger partial charge is 0.480 e. The Kier molecular flexibility index (Phi) is 9.95. The van der Waals surface area contributed by atoms with Crippen LogP contribution in [0.2, 0.25) is 0 Å². The van der Waals surface area contributed by atoms with Gasteiger partial charge in [0.1, 0.15) is 6.04 Å². The van der Waals surface area contributed by atoms with Crippen LogP contribution in [-0.2, 0) is 33.9 Å². The minimum absolute atomic E-state index is 0.160. The van der Waals surface area contributed by atoms with Crippen LogP contribution in [0.5, 0.6) is 0 Å². The molecule has 45 heavy (non-hydrogen) atoms. The van der Waals surface area contributed by atoms with Crippen LogP contribution in [0.3, 0.4) is 0 Å². The van der Waals surface area contributed by atoms with Gasteiger partial charge in [0.2, 0.25) is 5.91 Å². The molecule has 236 valence electrons. The van der Waals surface area contributed by atoms with Crippen molar-refractivity contribution in [1.29, 1.82) is 0 Å². The highest BCUT2D eigenvalue weighted by molar-refractivity contribution is 5.91. The maximum absolute atomic E-state index is 14.1. The Bertz CT molecular complexity index is 1620. The average Bonchev–Trinajstić information content (AvgIpc) is 3.38. The Hall–Kier alpha value is -5.13. The van der Waals surface area contributed by atoms with Crippen LogP contribution < -0.4 is 4.90 Å². The lowest BCUT2D eigenvalue weighted by Gasteiger charge is -2.35. The van der Waals surface area contributed by atoms with Crippen molar-refractivity contribution in [2.75, 3.05) is 19.0 Å². The number of fused-ring (bicyclic) bond motifs is 1. The van der Waals surface area contributed by atoms with Crippen LogP contribution in [0.15, 0.2) is 85.2 Å². The number of aromatic nitrogens is 2. The number of carboxylic acids is 2. The summed E-state index contributed by atoms with van der Waals surface area (Å²) in [5.41, 5.74) is 6.74. The second-order valence-electron chi connectivity index (χ2n) is 10.9. The number of alkyl halides is 3. The van der Waals surface area contributed by atoms with E-state index in [-0.39, 0.29) is 18.9 Å². The lowest BCUT2D eigenvalue weighted by molar-refractivity contribution is -0.192. The molecule has 0 fully saturated rings. The molecule has 1 aliphatic rings. The number of nitrogens with zero attached hydrogens (tertiary/aromatic N) is 4. The number of hydrogen-bond donors (Lipinski definition) is 2. The molecule has 1 atom stereocenters. The zero-order valence-electron chi connectivity index (χ0n) is 24.9. The van der Waals surface area contributed by atoms with Gasteiger partial charge in [0.15, 0.2) is 0 Å². The first-order chi connectivity index (χ1) is 21.3. The first-order valence-electron chi connectivity index (χ1n) is 14.0. The summed E-state index contributed by atoms with van der Waals surface area (Å²) in [5.74, 6) is -4.60. The number of carbonyl (C=O) groups is 3. The number of amides is 1. The van der Waals surface area contributed by atoms with Crippen molar-refractivity contribution >= 4 is 23.5 Å². The van der Waals surface area contributed by atoms with Crippen molar-refractivity contribution in [3.63, 3.8) is 0 Å². The summed E-state index contributed by atoms with van der Waals surface area (Å²) in [6.07, 6.45) is -3.11. The molecule has 0 saturated heterocycles. The summed E-state index contributed by atoms with van der Waals surface area (Å²) in [6, 6.07) is 24.4. The number of rotatable bonds is 7. The van der Waals surface area contributed by atoms with Crippen LogP contribution in [0.1, 0.15) is 39.6 Å². The molecule has 3 aromatic carbocycles. The van der Waals surface area contributed by atoms with Crippen molar-refractivity contribution in [3.8, 4) is 0 Å². The van der Waals surface area contributed by atoms with Gasteiger partial charge in [-0.3, -0.25) is 4.79 Å². The van der Waals surface area contributed by atoms with E-state index in [0.717, 1.165) is 33.8 Å². The van der Waals surface area contributed by atoms with Gasteiger partial charge in [-0.15, -0.1) is 0 Å². The van der Waals surface area contributed by atoms with E-state index >= 15 is 0 Å². The summed E-state index contributed by atoms with van der Waals surface area (Å²) in [4.78, 5) is 43.6. The highest BCUT2D eigenvalue weighted by Gasteiger charge is 2.40. The number of aliphatic carboxylic acids is 2. The van der Waals surface area contributed by atoms with E-state index in [1.807, 2.05) is 79.3 Å². The Morgan fingerprint density at radius 2 is 1.51 bits per heavy atom. The van der Waals surface area contributed by atoms with Gasteiger partial charge in [-0.25, -0.2) is 14.6 Å². The third-order valence-corrected chi connectivity index (χ3v) is 7.54. The third-order valence-electron chi connectivity index (χ3n) is 7.54. The number of anilines is 1. The van der Waals surface area contributed by atoms with Gasteiger partial charge in [-0.1, -0.05) is 72.8 Å². The molecule has 1 aromatic heterocycles. The summed E-state index contributed by atoms with van der Waals surface area (Å²) < 4.78 is 33.8. The predicted molar refractivity (Wildman–Crippen MR) is 161 cm³/mol. The van der Waals surface area contributed by atoms with Crippen molar-refractivity contribution in [1.82, 2.24) is 14.5 Å². The van der Waals surface area contributed by atoms with Crippen LogP contribution in [0.25, 0.3) is 0 Å². The highest BCUT2D eigenvalue weighted by atomic mass is 19.4. The number of halogens is 3. The highest BCUT2D eigenvalue weighted by Crippen LogP contribution is 2.32. The maximum atomic E-state index is 14.1. The molecule has 0 saturated carbocycles. The number of hydrogen-bond acceptors (Lipinski definition) is 5. The van der Waals surface area contributed by atoms with E-state index in [1.165, 1.54) is 10.5 Å². The number of carbonyl (C=O) groups excluding carboxylic acids is 1. The second kappa shape index (κ2) is 13.7. The molecule has 0 spiro atoms. The molecular formula is C33H33F3N4O5. The third kappa shape index (κ3) is 7.69. The van der Waals surface area contributed by atoms with E-state index in [9.17, 15) is 27.9 Å². The van der Waals surface area contributed by atoms with Crippen molar-refractivity contribution in [2.24, 2.45) is 0 Å². The number of imidazole rings is 1. The van der Waals surface area contributed by atoms with E-state index in [0.29, 0.717) is 6.54 Å². The van der Waals surface area contributed by atoms with Crippen LogP contribution >= 0.6 is 0 Å². The zero-order chi connectivity index (χ0) is 32.9. The largest absolute Gasteiger partial charge is 0.490 e. The summed E-state index contributed by atoms with van der Waals surface area (Å²) in [7, 11) is 4.04. The van der Waals surface area contributed by atoms with Crippen molar-refractivity contribution < 1.29 is 37.8 Å². The van der Waals surface area contributed by atoms with Gasteiger partial charge < -0.3 is 24.6 Å². The Morgan fingerprint density at radius 3 is 1.98 bits per heavy atom. The van der Waals surface area contributed by atoms with E-state index in [4.69, 9.17) is 9.90 Å². The molecule has 9 nitrogen and oxygen atoms in total. The van der Waals surface area contributed by atoms with E-state index in [1.54, 1.807) is 6.33 Å². The van der Waals surface area contributed by atoms with Gasteiger partial charge in [-0.2, -0.15) is 13.2 Å². The van der Waals surface area contributed by atoms with Crippen LogP contribution in [0, 0.1) is 6.92 Å². The fraction of sp³-hybridized carbons (Fsp3) is 0.273. The Balaban J connectivity index is 0.000000591. The quantitative estimate of drug-likeness (QED) is 0.294. The van der Waals surface area contributed by atoms with Crippen molar-refractivity contribution in [3.05, 3.63) is 119 Å². The minimum Gasteiger partial charge on any atom is -0.480 e. The molecule has 12 heteroatoms. The summed E-state index contributed by atoms with van der Waals surface area (Å²) in [6.45, 7) is 2.84. The SMILES string of the molecule is Cc1cc(Cn2cnc3c2C[C@@H](C(=O)O)N(C(=O)C(c2ccccc2)c2ccccc2)C3)ccc1N(C)C.O=C(O)C(F)(F)F. The van der Waals surface area contributed by atoms with E-state index in [2.05, 4.69) is 35.0 Å². The first kappa shape index (κ1) is 32.8. The number of carboxylic acid groups (broad SMARTS) is 2. The lowest BCUT2D eigenvalue weighted by Crippen LogP contribution is -2.50. The van der Waals surface area contributed by atoms with Gasteiger partial charge in [-0.05, 0) is 35.2 Å². The predicted octanol–water partition coefficient (Wildman–Crippen LogP) is 5.11. The topological polar surface area (TPSA) is 116 Å². The average molecular weight is 623 g/mol. The normalized spacial score (nSPS) is 14.3. The molecule has 4 aromatic rings. The van der Waals surface area contributed by atoms with E-state index < -0.39 is 30.1 Å². The summed E-state index contributed by atoms with van der Waals surface area (Å²) >= 11 is 0. The lowest BCUT2D eigenvalue weighted by atomic mass is 9.88. The molecule has 0 aliphatic carbocycles. The molecule has 0 bridgehead atoms.